The highest BCUT2D eigenvalue weighted by atomic mass is 16.5. The summed E-state index contributed by atoms with van der Waals surface area (Å²) in [4.78, 5) is 24.8. The van der Waals surface area contributed by atoms with Crippen LogP contribution in [0, 0.1) is 0 Å². The highest BCUT2D eigenvalue weighted by Gasteiger charge is 2.42. The molecule has 2 fully saturated rings. The Morgan fingerprint density at radius 1 is 1.29 bits per heavy atom. The summed E-state index contributed by atoms with van der Waals surface area (Å²) >= 11 is 0. The fourth-order valence-corrected chi connectivity index (χ4v) is 2.77. The Bertz CT molecular complexity index is 492. The number of morpholine rings is 2. The maximum atomic E-state index is 12.7. The van der Waals surface area contributed by atoms with Gasteiger partial charge in [-0.15, -0.1) is 0 Å². The number of carbonyl (C=O) groups excluding carboxylic acids is 1. The van der Waals surface area contributed by atoms with Gasteiger partial charge in [0.15, 0.2) is 5.60 Å². The first-order valence-electron chi connectivity index (χ1n) is 7.21. The molecule has 1 atom stereocenters. The van der Waals surface area contributed by atoms with Gasteiger partial charge < -0.3 is 19.3 Å². The van der Waals surface area contributed by atoms with Crippen molar-refractivity contribution in [3.8, 4) is 0 Å². The number of nitrogens with zero attached hydrogens (tertiary/aromatic N) is 4. The molecule has 2 aliphatic rings. The lowest BCUT2D eigenvalue weighted by Gasteiger charge is -2.42. The van der Waals surface area contributed by atoms with Gasteiger partial charge in [-0.2, -0.15) is 0 Å². The lowest BCUT2D eigenvalue weighted by molar-refractivity contribution is -0.161. The van der Waals surface area contributed by atoms with Crippen molar-refractivity contribution in [2.24, 2.45) is 0 Å². The Labute approximate surface area is 123 Å². The second kappa shape index (κ2) is 5.95. The first-order valence-corrected chi connectivity index (χ1v) is 7.21. The highest BCUT2D eigenvalue weighted by molar-refractivity contribution is 5.86. The molecule has 0 N–H and O–H groups in total. The molecule has 0 aromatic carbocycles. The molecule has 1 amide bonds. The van der Waals surface area contributed by atoms with Crippen LogP contribution in [0.5, 0.6) is 0 Å². The molecule has 114 valence electrons. The van der Waals surface area contributed by atoms with E-state index in [9.17, 15) is 4.79 Å². The average molecular weight is 292 g/mol. The van der Waals surface area contributed by atoms with Gasteiger partial charge in [0.25, 0.3) is 5.91 Å². The number of aromatic nitrogens is 2. The van der Waals surface area contributed by atoms with Gasteiger partial charge in [0.2, 0.25) is 0 Å². The third-order valence-electron chi connectivity index (χ3n) is 3.92. The fraction of sp³-hybridized carbons (Fsp3) is 0.643. The summed E-state index contributed by atoms with van der Waals surface area (Å²) in [5.74, 6) is 0.860. The Balaban J connectivity index is 1.73. The van der Waals surface area contributed by atoms with E-state index >= 15 is 0 Å². The highest BCUT2D eigenvalue weighted by Crippen LogP contribution is 2.24. The van der Waals surface area contributed by atoms with Crippen molar-refractivity contribution in [1.82, 2.24) is 14.9 Å². The van der Waals surface area contributed by atoms with E-state index in [0.717, 1.165) is 12.4 Å². The third-order valence-corrected chi connectivity index (χ3v) is 3.92. The molecule has 7 nitrogen and oxygen atoms in total. The summed E-state index contributed by atoms with van der Waals surface area (Å²) in [6.45, 7) is 6.05. The van der Waals surface area contributed by atoms with E-state index in [1.807, 2.05) is 17.9 Å². The van der Waals surface area contributed by atoms with Crippen LogP contribution >= 0.6 is 0 Å². The molecule has 3 rings (SSSR count). The molecule has 0 aliphatic carbocycles. The van der Waals surface area contributed by atoms with Crippen molar-refractivity contribution in [1.29, 1.82) is 0 Å². The lowest BCUT2D eigenvalue weighted by atomic mass is 10.0. The second-order valence-electron chi connectivity index (χ2n) is 5.47. The van der Waals surface area contributed by atoms with E-state index < -0.39 is 5.60 Å². The van der Waals surface area contributed by atoms with Gasteiger partial charge in [-0.25, -0.2) is 9.97 Å². The number of carbonyl (C=O) groups is 1. The van der Waals surface area contributed by atoms with E-state index in [-0.39, 0.29) is 5.91 Å². The minimum Gasteiger partial charge on any atom is -0.378 e. The number of anilines is 1. The van der Waals surface area contributed by atoms with Crippen LogP contribution in [0.2, 0.25) is 0 Å². The smallest absolute Gasteiger partial charge is 0.256 e. The average Bonchev–Trinajstić information content (AvgIpc) is 2.56. The van der Waals surface area contributed by atoms with Crippen LogP contribution in [0.25, 0.3) is 0 Å². The van der Waals surface area contributed by atoms with E-state index in [1.54, 1.807) is 6.20 Å². The fourth-order valence-electron chi connectivity index (χ4n) is 2.77. The van der Waals surface area contributed by atoms with Crippen molar-refractivity contribution in [3.05, 3.63) is 18.6 Å². The van der Waals surface area contributed by atoms with Crippen LogP contribution < -0.4 is 4.90 Å². The van der Waals surface area contributed by atoms with E-state index in [1.165, 1.54) is 6.33 Å². The Kier molecular flexibility index (Phi) is 4.03. The van der Waals surface area contributed by atoms with Crippen molar-refractivity contribution in [2.45, 2.75) is 12.5 Å². The first-order chi connectivity index (χ1) is 10.2. The zero-order valence-electron chi connectivity index (χ0n) is 12.2. The summed E-state index contributed by atoms with van der Waals surface area (Å²) in [6.07, 6.45) is 3.23. The normalized spacial score (nSPS) is 26.7. The summed E-state index contributed by atoms with van der Waals surface area (Å²) < 4.78 is 11.1. The molecule has 2 aliphatic heterocycles. The molecule has 1 aromatic heterocycles. The number of hydrogen-bond acceptors (Lipinski definition) is 6. The topological polar surface area (TPSA) is 67.8 Å². The molecule has 1 aromatic rings. The minimum atomic E-state index is -0.833. The second-order valence-corrected chi connectivity index (χ2v) is 5.47. The van der Waals surface area contributed by atoms with Crippen LogP contribution in [-0.2, 0) is 14.3 Å². The van der Waals surface area contributed by atoms with Crippen LogP contribution in [0.3, 0.4) is 0 Å². The van der Waals surface area contributed by atoms with E-state index in [4.69, 9.17) is 9.47 Å². The van der Waals surface area contributed by atoms with Gasteiger partial charge >= 0.3 is 0 Å². The van der Waals surface area contributed by atoms with Crippen LogP contribution in [0.4, 0.5) is 5.82 Å². The molecule has 7 heteroatoms. The van der Waals surface area contributed by atoms with Crippen LogP contribution in [0.15, 0.2) is 18.6 Å². The SMILES string of the molecule is CC1(C(=O)N2CCOCC2)CN(c2ccncn2)CCO1. The first kappa shape index (κ1) is 14.2. The van der Waals surface area contributed by atoms with Gasteiger partial charge in [0, 0.05) is 25.8 Å². The maximum Gasteiger partial charge on any atom is 0.256 e. The van der Waals surface area contributed by atoms with Gasteiger partial charge in [-0.05, 0) is 13.0 Å². The molecule has 0 bridgehead atoms. The van der Waals surface area contributed by atoms with Crippen molar-refractivity contribution < 1.29 is 14.3 Å². The molecule has 21 heavy (non-hydrogen) atoms. The maximum absolute atomic E-state index is 12.7. The lowest BCUT2D eigenvalue weighted by Crippen LogP contribution is -2.60. The van der Waals surface area contributed by atoms with Crippen LogP contribution in [0.1, 0.15) is 6.92 Å². The van der Waals surface area contributed by atoms with Crippen molar-refractivity contribution in [3.63, 3.8) is 0 Å². The predicted octanol–water partition coefficient (Wildman–Crippen LogP) is -0.0693. The van der Waals surface area contributed by atoms with Crippen molar-refractivity contribution >= 4 is 11.7 Å². The molecule has 0 spiro atoms. The number of ether oxygens (including phenoxy) is 2. The Morgan fingerprint density at radius 3 is 2.81 bits per heavy atom. The summed E-state index contributed by atoms with van der Waals surface area (Å²) in [5.41, 5.74) is -0.833. The largest absolute Gasteiger partial charge is 0.378 e. The number of rotatable bonds is 2. The third kappa shape index (κ3) is 2.98. The zero-order valence-corrected chi connectivity index (χ0v) is 12.2. The summed E-state index contributed by atoms with van der Waals surface area (Å²) in [6, 6.07) is 1.85. The monoisotopic (exact) mass is 292 g/mol. The zero-order chi connectivity index (χ0) is 14.7. The summed E-state index contributed by atoms with van der Waals surface area (Å²) in [7, 11) is 0. The van der Waals surface area contributed by atoms with E-state index in [2.05, 4.69) is 14.9 Å². The molecular weight excluding hydrogens is 272 g/mol. The molecule has 0 radical (unpaired) electrons. The molecule has 1 unspecified atom stereocenters. The Morgan fingerprint density at radius 2 is 2.10 bits per heavy atom. The van der Waals surface area contributed by atoms with Gasteiger partial charge in [-0.1, -0.05) is 0 Å². The molecule has 0 saturated carbocycles. The predicted molar refractivity (Wildman–Crippen MR) is 76.0 cm³/mol. The number of hydrogen-bond donors (Lipinski definition) is 0. The number of amides is 1. The standard InChI is InChI=1S/C14H20N4O3/c1-14(13(19)17-4-7-20-8-5-17)10-18(6-9-21-14)12-2-3-15-11-16-12/h2-3,11H,4-10H2,1H3. The van der Waals surface area contributed by atoms with Crippen molar-refractivity contribution in [2.75, 3.05) is 50.9 Å². The van der Waals surface area contributed by atoms with Crippen LogP contribution in [-0.4, -0.2) is 72.4 Å². The minimum absolute atomic E-state index is 0.0320. The Hall–Kier alpha value is -1.73. The van der Waals surface area contributed by atoms with Gasteiger partial charge in [0.1, 0.15) is 12.1 Å². The molecule has 2 saturated heterocycles. The molecular formula is C14H20N4O3. The molecule has 3 heterocycles. The van der Waals surface area contributed by atoms with E-state index in [0.29, 0.717) is 39.5 Å². The van der Waals surface area contributed by atoms with Gasteiger partial charge in [-0.3, -0.25) is 4.79 Å². The van der Waals surface area contributed by atoms with Gasteiger partial charge in [0.05, 0.1) is 26.4 Å². The summed E-state index contributed by atoms with van der Waals surface area (Å²) in [5, 5.41) is 0. The quantitative estimate of drug-likeness (QED) is 0.760.